The first kappa shape index (κ1) is 22.1. The molecule has 0 saturated heterocycles. The van der Waals surface area contributed by atoms with Crippen molar-refractivity contribution in [2.75, 3.05) is 6.61 Å². The number of carbonyl (C=O) groups excluding carboxylic acids is 1. The highest BCUT2D eigenvalue weighted by Crippen LogP contribution is 2.37. The largest absolute Gasteiger partial charge is 0.466 e. The molecule has 1 aromatic carbocycles. The third-order valence-corrected chi connectivity index (χ3v) is 5.82. The summed E-state index contributed by atoms with van der Waals surface area (Å²) in [4.78, 5) is 17.9. The number of fused-ring (bicyclic) bond motifs is 2. The van der Waals surface area contributed by atoms with Crippen molar-refractivity contribution in [2.24, 2.45) is 0 Å². The molecule has 0 radical (unpaired) electrons. The van der Waals surface area contributed by atoms with Crippen LogP contribution in [-0.2, 0) is 14.9 Å². The fraction of sp³-hybridized carbons (Fsp3) is 0.423. The Hall–Kier alpha value is -3.15. The van der Waals surface area contributed by atoms with E-state index in [0.29, 0.717) is 13.0 Å². The molecule has 168 valence electrons. The van der Waals surface area contributed by atoms with E-state index in [2.05, 4.69) is 33.8 Å². The topological polar surface area (TPSA) is 69.6 Å². The second kappa shape index (κ2) is 8.41. The van der Waals surface area contributed by atoms with Crippen LogP contribution in [0.3, 0.4) is 0 Å². The zero-order valence-electron chi connectivity index (χ0n) is 19.7. The molecule has 6 heteroatoms. The van der Waals surface area contributed by atoms with Crippen LogP contribution in [0.1, 0.15) is 70.3 Å². The van der Waals surface area contributed by atoms with Gasteiger partial charge in [0.2, 0.25) is 0 Å². The Morgan fingerprint density at radius 3 is 2.66 bits per heavy atom. The van der Waals surface area contributed by atoms with Crippen LogP contribution in [0.15, 0.2) is 41.0 Å². The van der Waals surface area contributed by atoms with Crippen molar-refractivity contribution in [1.29, 1.82) is 0 Å². The molecule has 0 aliphatic heterocycles. The van der Waals surface area contributed by atoms with E-state index in [0.717, 1.165) is 51.2 Å². The molecule has 0 spiro atoms. The van der Waals surface area contributed by atoms with Crippen LogP contribution in [0, 0.1) is 6.92 Å². The number of aryl methyl sites for hydroxylation is 1. The van der Waals surface area contributed by atoms with Gasteiger partial charge < -0.3 is 9.15 Å². The Kier molecular flexibility index (Phi) is 5.80. The second-order valence-electron chi connectivity index (χ2n) is 9.28. The van der Waals surface area contributed by atoms with E-state index in [1.54, 1.807) is 6.26 Å². The number of benzene rings is 1. The maximum atomic E-state index is 13.0. The molecular weight excluding hydrogens is 402 g/mol. The Morgan fingerprint density at radius 1 is 1.19 bits per heavy atom. The standard InChI is InChI=1S/C26H31N3O3/c1-7-9-19(25(30)31-8-2)23-16(3)27-22-15-21(26(4,5)6)28-29(22)24(23)18-10-11-20-17(14-18)12-13-32-20/h10-15,19H,7-9H2,1-6H3. The predicted molar refractivity (Wildman–Crippen MR) is 126 cm³/mol. The summed E-state index contributed by atoms with van der Waals surface area (Å²) < 4.78 is 12.9. The monoisotopic (exact) mass is 433 g/mol. The van der Waals surface area contributed by atoms with E-state index < -0.39 is 5.92 Å². The lowest BCUT2D eigenvalue weighted by molar-refractivity contribution is -0.145. The van der Waals surface area contributed by atoms with E-state index in [1.165, 1.54) is 0 Å². The fourth-order valence-electron chi connectivity index (χ4n) is 4.22. The second-order valence-corrected chi connectivity index (χ2v) is 9.28. The van der Waals surface area contributed by atoms with Gasteiger partial charge in [-0.05, 0) is 44.5 Å². The first-order valence-corrected chi connectivity index (χ1v) is 11.3. The first-order valence-electron chi connectivity index (χ1n) is 11.3. The third-order valence-electron chi connectivity index (χ3n) is 5.82. The minimum absolute atomic E-state index is 0.127. The maximum absolute atomic E-state index is 13.0. The molecule has 3 aromatic heterocycles. The zero-order chi connectivity index (χ0) is 23.0. The third kappa shape index (κ3) is 3.90. The number of hydrogen-bond donors (Lipinski definition) is 0. The molecule has 0 bridgehead atoms. The highest BCUT2D eigenvalue weighted by Gasteiger charge is 2.30. The number of nitrogens with zero attached hydrogens (tertiary/aromatic N) is 3. The van der Waals surface area contributed by atoms with Crippen molar-refractivity contribution in [3.05, 3.63) is 53.5 Å². The zero-order valence-corrected chi connectivity index (χ0v) is 19.7. The fourth-order valence-corrected chi connectivity index (χ4v) is 4.22. The van der Waals surface area contributed by atoms with Gasteiger partial charge in [-0.15, -0.1) is 0 Å². The van der Waals surface area contributed by atoms with Gasteiger partial charge in [0.05, 0.1) is 30.2 Å². The maximum Gasteiger partial charge on any atom is 0.313 e. The van der Waals surface area contributed by atoms with Crippen LogP contribution in [-0.4, -0.2) is 27.2 Å². The molecular formula is C26H31N3O3. The van der Waals surface area contributed by atoms with Crippen molar-refractivity contribution >= 4 is 22.6 Å². The first-order chi connectivity index (χ1) is 15.2. The van der Waals surface area contributed by atoms with Gasteiger partial charge in [-0.1, -0.05) is 34.1 Å². The lowest BCUT2D eigenvalue weighted by Crippen LogP contribution is -2.20. The number of hydrogen-bond acceptors (Lipinski definition) is 5. The highest BCUT2D eigenvalue weighted by molar-refractivity contribution is 5.87. The van der Waals surface area contributed by atoms with E-state index in [-0.39, 0.29) is 11.4 Å². The Labute approximate surface area is 188 Å². The quantitative estimate of drug-likeness (QED) is 0.339. The lowest BCUT2D eigenvalue weighted by atomic mass is 9.89. The van der Waals surface area contributed by atoms with E-state index in [9.17, 15) is 4.79 Å². The van der Waals surface area contributed by atoms with Gasteiger partial charge in [-0.2, -0.15) is 5.10 Å². The van der Waals surface area contributed by atoms with Gasteiger partial charge in [-0.3, -0.25) is 4.79 Å². The molecule has 0 aliphatic rings. The molecule has 3 heterocycles. The molecule has 1 unspecified atom stereocenters. The van der Waals surface area contributed by atoms with Crippen molar-refractivity contribution in [1.82, 2.24) is 14.6 Å². The number of rotatable bonds is 6. The number of esters is 1. The molecule has 0 fully saturated rings. The van der Waals surface area contributed by atoms with Crippen LogP contribution in [0.25, 0.3) is 27.9 Å². The minimum atomic E-state index is -0.408. The Morgan fingerprint density at radius 2 is 1.97 bits per heavy atom. The number of aromatic nitrogens is 3. The van der Waals surface area contributed by atoms with Gasteiger partial charge >= 0.3 is 5.97 Å². The smallest absolute Gasteiger partial charge is 0.313 e. The molecule has 0 amide bonds. The van der Waals surface area contributed by atoms with E-state index in [1.807, 2.05) is 42.6 Å². The van der Waals surface area contributed by atoms with Gasteiger partial charge in [0, 0.05) is 33.7 Å². The predicted octanol–water partition coefficient (Wildman–Crippen LogP) is 6.20. The summed E-state index contributed by atoms with van der Waals surface area (Å²) in [5.41, 5.74) is 5.99. The lowest BCUT2D eigenvalue weighted by Gasteiger charge is -2.21. The molecule has 6 nitrogen and oxygen atoms in total. The van der Waals surface area contributed by atoms with Crippen molar-refractivity contribution in [2.45, 2.75) is 65.7 Å². The summed E-state index contributed by atoms with van der Waals surface area (Å²) in [6.07, 6.45) is 3.22. The Bertz CT molecular complexity index is 1280. The average molecular weight is 434 g/mol. The van der Waals surface area contributed by atoms with Crippen LogP contribution >= 0.6 is 0 Å². The van der Waals surface area contributed by atoms with E-state index in [4.69, 9.17) is 19.2 Å². The molecule has 32 heavy (non-hydrogen) atoms. The van der Waals surface area contributed by atoms with Gasteiger partial charge in [0.1, 0.15) is 5.58 Å². The highest BCUT2D eigenvalue weighted by atomic mass is 16.5. The SMILES string of the molecule is CCCC(C(=O)OCC)c1c(C)nc2cc(C(C)(C)C)nn2c1-c1ccc2occc2c1. The minimum Gasteiger partial charge on any atom is -0.466 e. The number of ether oxygens (including phenoxy) is 1. The Balaban J connectivity index is 2.06. The average Bonchev–Trinajstić information content (AvgIpc) is 3.37. The van der Waals surface area contributed by atoms with Gasteiger partial charge in [-0.25, -0.2) is 9.50 Å². The van der Waals surface area contributed by atoms with E-state index >= 15 is 0 Å². The molecule has 4 aromatic rings. The van der Waals surface area contributed by atoms with Crippen LogP contribution < -0.4 is 0 Å². The summed E-state index contributed by atoms with van der Waals surface area (Å²) in [5, 5.41) is 5.96. The molecule has 0 N–H and O–H groups in total. The summed E-state index contributed by atoms with van der Waals surface area (Å²) in [6.45, 7) is 12.7. The number of carbonyl (C=O) groups is 1. The van der Waals surface area contributed by atoms with Crippen molar-refractivity contribution < 1.29 is 13.9 Å². The molecule has 0 saturated carbocycles. The van der Waals surface area contributed by atoms with Crippen molar-refractivity contribution in [3.63, 3.8) is 0 Å². The van der Waals surface area contributed by atoms with Gasteiger partial charge in [0.15, 0.2) is 5.65 Å². The summed E-state index contributed by atoms with van der Waals surface area (Å²) in [6, 6.07) is 10.1. The normalized spacial score (nSPS) is 13.1. The van der Waals surface area contributed by atoms with Crippen LogP contribution in [0.5, 0.6) is 0 Å². The van der Waals surface area contributed by atoms with Crippen LogP contribution in [0.4, 0.5) is 0 Å². The molecule has 4 rings (SSSR count). The summed E-state index contributed by atoms with van der Waals surface area (Å²) in [5.74, 6) is -0.623. The summed E-state index contributed by atoms with van der Waals surface area (Å²) >= 11 is 0. The number of furan rings is 1. The molecule has 0 aliphatic carbocycles. The summed E-state index contributed by atoms with van der Waals surface area (Å²) in [7, 11) is 0. The van der Waals surface area contributed by atoms with Crippen molar-refractivity contribution in [3.8, 4) is 11.3 Å². The van der Waals surface area contributed by atoms with Crippen LogP contribution in [0.2, 0.25) is 0 Å². The molecule has 1 atom stereocenters. The van der Waals surface area contributed by atoms with Gasteiger partial charge in [0.25, 0.3) is 0 Å².